The van der Waals surface area contributed by atoms with Crippen LogP contribution in [-0.2, 0) is 16.0 Å². The van der Waals surface area contributed by atoms with Crippen LogP contribution in [0.3, 0.4) is 0 Å². The number of carbonyl (C=O) groups is 2. The number of hydrogen-bond acceptors (Lipinski definition) is 2. The minimum atomic E-state index is -0.184. The molecule has 0 radical (unpaired) electrons. The van der Waals surface area contributed by atoms with Crippen LogP contribution in [0.25, 0.3) is 0 Å². The number of likely N-dealkylation sites (tertiary alicyclic amines) is 1. The average Bonchev–Trinajstić information content (AvgIpc) is 3.00. The van der Waals surface area contributed by atoms with Gasteiger partial charge in [0.1, 0.15) is 0 Å². The van der Waals surface area contributed by atoms with E-state index in [-0.39, 0.29) is 23.3 Å². The quantitative estimate of drug-likeness (QED) is 0.875. The molecule has 2 saturated carbocycles. The fourth-order valence-corrected chi connectivity index (χ4v) is 4.46. The number of nitrogens with zero attached hydrogens (tertiary/aromatic N) is 1. The number of rotatable bonds is 5. The Morgan fingerprint density at radius 3 is 2.52 bits per heavy atom. The van der Waals surface area contributed by atoms with Gasteiger partial charge in [0.15, 0.2) is 0 Å². The summed E-state index contributed by atoms with van der Waals surface area (Å²) in [5.41, 5.74) is 1.08. The van der Waals surface area contributed by atoms with Crippen molar-refractivity contribution in [3.05, 3.63) is 34.9 Å². The van der Waals surface area contributed by atoms with E-state index in [9.17, 15) is 9.59 Å². The summed E-state index contributed by atoms with van der Waals surface area (Å²) in [5, 5.41) is 3.98. The third-order valence-corrected chi connectivity index (χ3v) is 6.24. The van der Waals surface area contributed by atoms with Gasteiger partial charge >= 0.3 is 0 Å². The van der Waals surface area contributed by atoms with Gasteiger partial charge < -0.3 is 10.2 Å². The van der Waals surface area contributed by atoms with E-state index in [1.165, 1.54) is 18.4 Å². The van der Waals surface area contributed by atoms with Gasteiger partial charge in [0.25, 0.3) is 0 Å². The zero-order valence-electron chi connectivity index (χ0n) is 14.5. The summed E-state index contributed by atoms with van der Waals surface area (Å²) in [4.78, 5) is 27.0. The molecule has 1 saturated heterocycles. The van der Waals surface area contributed by atoms with E-state index in [0.717, 1.165) is 37.1 Å². The summed E-state index contributed by atoms with van der Waals surface area (Å²) >= 11 is 5.94. The van der Waals surface area contributed by atoms with E-state index in [2.05, 4.69) is 5.32 Å². The molecule has 1 heterocycles. The number of nitrogens with one attached hydrogen (secondary N) is 1. The van der Waals surface area contributed by atoms with Crippen molar-refractivity contribution in [1.29, 1.82) is 0 Å². The van der Waals surface area contributed by atoms with Crippen molar-refractivity contribution in [3.8, 4) is 0 Å². The Balaban J connectivity index is 1.35. The number of benzene rings is 1. The molecule has 1 atom stereocenters. The highest BCUT2D eigenvalue weighted by molar-refractivity contribution is 6.30. The molecule has 134 valence electrons. The zero-order valence-corrected chi connectivity index (χ0v) is 15.2. The molecule has 5 heteroatoms. The van der Waals surface area contributed by atoms with Crippen molar-refractivity contribution in [2.45, 2.75) is 62.9 Å². The topological polar surface area (TPSA) is 49.4 Å². The van der Waals surface area contributed by atoms with E-state index in [4.69, 9.17) is 11.6 Å². The normalized spacial score (nSPS) is 25.4. The van der Waals surface area contributed by atoms with Crippen LogP contribution in [0.1, 0.15) is 50.5 Å². The van der Waals surface area contributed by atoms with Crippen LogP contribution in [0.2, 0.25) is 5.02 Å². The van der Waals surface area contributed by atoms with Gasteiger partial charge in [-0.3, -0.25) is 9.59 Å². The van der Waals surface area contributed by atoms with E-state index < -0.39 is 0 Å². The molecule has 3 fully saturated rings. The lowest BCUT2D eigenvalue weighted by Crippen LogP contribution is -2.43. The Labute approximate surface area is 153 Å². The minimum absolute atomic E-state index is 0.0558. The van der Waals surface area contributed by atoms with Crippen LogP contribution in [0.5, 0.6) is 0 Å². The summed E-state index contributed by atoms with van der Waals surface area (Å²) in [6.07, 6.45) is 7.83. The van der Waals surface area contributed by atoms with Crippen LogP contribution >= 0.6 is 11.6 Å². The van der Waals surface area contributed by atoms with Gasteiger partial charge in [-0.15, -0.1) is 0 Å². The first-order valence-corrected chi connectivity index (χ1v) is 9.78. The number of amides is 2. The minimum Gasteiger partial charge on any atom is -0.350 e. The van der Waals surface area contributed by atoms with Gasteiger partial charge in [0.05, 0.1) is 5.92 Å². The molecule has 2 aliphatic carbocycles. The van der Waals surface area contributed by atoms with Gasteiger partial charge in [-0.05, 0) is 49.8 Å². The molecular formula is C20H25ClN2O2. The number of carbonyl (C=O) groups excluding carboxylic acids is 2. The Hall–Kier alpha value is -1.55. The van der Waals surface area contributed by atoms with Crippen LogP contribution in [0.4, 0.5) is 0 Å². The summed E-state index contributed by atoms with van der Waals surface area (Å²) in [6, 6.07) is 8.20. The molecule has 1 aromatic carbocycles. The number of halogens is 1. The van der Waals surface area contributed by atoms with Gasteiger partial charge in [-0.2, -0.15) is 0 Å². The summed E-state index contributed by atoms with van der Waals surface area (Å²) < 4.78 is 0. The largest absolute Gasteiger partial charge is 0.350 e. The van der Waals surface area contributed by atoms with Gasteiger partial charge in [0.2, 0.25) is 11.8 Å². The molecule has 25 heavy (non-hydrogen) atoms. The van der Waals surface area contributed by atoms with Crippen molar-refractivity contribution >= 4 is 23.4 Å². The second kappa shape index (κ2) is 6.64. The first kappa shape index (κ1) is 16.9. The molecule has 0 unspecified atom stereocenters. The fraction of sp³-hybridized carbons (Fsp3) is 0.600. The second-order valence-electron chi connectivity index (χ2n) is 7.96. The monoisotopic (exact) mass is 360 g/mol. The first-order chi connectivity index (χ1) is 12.0. The highest BCUT2D eigenvalue weighted by Crippen LogP contribution is 2.39. The molecule has 0 aromatic heterocycles. The summed E-state index contributed by atoms with van der Waals surface area (Å²) in [5.74, 6) is 0.0331. The highest BCUT2D eigenvalue weighted by Gasteiger charge is 2.46. The standard InChI is InChI=1S/C20H25ClN2O2/c21-16-7-5-14(6-8-16)12-20(9-10-20)22-19(25)15-11-18(24)23(13-15)17-3-1-2-4-17/h5-8,15,17H,1-4,9-13H2,(H,22,25)/t15-/m0/s1. The van der Waals surface area contributed by atoms with Gasteiger partial charge in [-0.25, -0.2) is 0 Å². The Morgan fingerprint density at radius 1 is 1.20 bits per heavy atom. The van der Waals surface area contributed by atoms with Crippen LogP contribution in [-0.4, -0.2) is 34.8 Å². The fourth-order valence-electron chi connectivity index (χ4n) is 4.33. The van der Waals surface area contributed by atoms with Crippen molar-refractivity contribution in [2.24, 2.45) is 5.92 Å². The third kappa shape index (κ3) is 3.69. The van der Waals surface area contributed by atoms with E-state index in [1.807, 2.05) is 29.2 Å². The maximum atomic E-state index is 12.7. The lowest BCUT2D eigenvalue weighted by Gasteiger charge is -2.24. The van der Waals surface area contributed by atoms with Crippen molar-refractivity contribution in [2.75, 3.05) is 6.54 Å². The second-order valence-corrected chi connectivity index (χ2v) is 8.39. The number of hydrogen-bond donors (Lipinski definition) is 1. The molecule has 0 spiro atoms. The molecule has 2 amide bonds. The van der Waals surface area contributed by atoms with Gasteiger partial charge in [0, 0.05) is 29.6 Å². The lowest BCUT2D eigenvalue weighted by atomic mass is 10.0. The molecule has 1 aromatic rings. The van der Waals surface area contributed by atoms with Crippen LogP contribution < -0.4 is 5.32 Å². The predicted octanol–water partition coefficient (Wildman–Crippen LogP) is 3.32. The Bertz CT molecular complexity index is 663. The molecule has 3 aliphatic rings. The van der Waals surface area contributed by atoms with E-state index in [0.29, 0.717) is 19.0 Å². The molecule has 4 rings (SSSR count). The van der Waals surface area contributed by atoms with Crippen LogP contribution in [0, 0.1) is 5.92 Å². The highest BCUT2D eigenvalue weighted by atomic mass is 35.5. The van der Waals surface area contributed by atoms with Crippen molar-refractivity contribution < 1.29 is 9.59 Å². The smallest absolute Gasteiger partial charge is 0.225 e. The molecule has 0 bridgehead atoms. The van der Waals surface area contributed by atoms with E-state index in [1.54, 1.807) is 0 Å². The Kier molecular flexibility index (Phi) is 4.48. The van der Waals surface area contributed by atoms with Gasteiger partial charge in [-0.1, -0.05) is 36.6 Å². The van der Waals surface area contributed by atoms with Crippen molar-refractivity contribution in [1.82, 2.24) is 10.2 Å². The maximum Gasteiger partial charge on any atom is 0.225 e. The predicted molar refractivity (Wildman–Crippen MR) is 97.3 cm³/mol. The third-order valence-electron chi connectivity index (χ3n) is 5.99. The summed E-state index contributed by atoms with van der Waals surface area (Å²) in [7, 11) is 0. The molecule has 1 aliphatic heterocycles. The average molecular weight is 361 g/mol. The van der Waals surface area contributed by atoms with Crippen molar-refractivity contribution in [3.63, 3.8) is 0 Å². The molecule has 1 N–H and O–H groups in total. The molecular weight excluding hydrogens is 336 g/mol. The summed E-state index contributed by atoms with van der Waals surface area (Å²) in [6.45, 7) is 0.604. The lowest BCUT2D eigenvalue weighted by molar-refractivity contribution is -0.130. The van der Waals surface area contributed by atoms with Crippen LogP contribution in [0.15, 0.2) is 24.3 Å². The maximum absolute atomic E-state index is 12.7. The Morgan fingerprint density at radius 2 is 1.88 bits per heavy atom. The zero-order chi connectivity index (χ0) is 17.4. The molecule has 4 nitrogen and oxygen atoms in total. The van der Waals surface area contributed by atoms with E-state index >= 15 is 0 Å². The SMILES string of the molecule is O=C(NC1(Cc2ccc(Cl)cc2)CC1)[C@H]1CC(=O)N(C2CCCC2)C1. The first-order valence-electron chi connectivity index (χ1n) is 9.41.